The fourth-order valence-electron chi connectivity index (χ4n) is 2.01. The fraction of sp³-hybridized carbons (Fsp3) is 0.538. The monoisotopic (exact) mass is 205 g/mol. The molecule has 1 saturated heterocycles. The maximum absolute atomic E-state index is 5.65. The molecule has 15 heavy (non-hydrogen) atoms. The first kappa shape index (κ1) is 10.7. The van der Waals surface area contributed by atoms with Crippen molar-refractivity contribution < 1.29 is 4.74 Å². The molecule has 0 bridgehead atoms. The van der Waals surface area contributed by atoms with Gasteiger partial charge in [-0.3, -0.25) is 4.90 Å². The molecule has 0 saturated carbocycles. The van der Waals surface area contributed by atoms with Gasteiger partial charge in [0.15, 0.2) is 0 Å². The highest BCUT2D eigenvalue weighted by atomic mass is 16.5. The third-order valence-electron chi connectivity index (χ3n) is 2.93. The van der Waals surface area contributed by atoms with E-state index in [-0.39, 0.29) is 0 Å². The number of ether oxygens (including phenoxy) is 1. The van der Waals surface area contributed by atoms with Gasteiger partial charge in [-0.05, 0) is 12.0 Å². The van der Waals surface area contributed by atoms with Gasteiger partial charge < -0.3 is 4.74 Å². The van der Waals surface area contributed by atoms with Gasteiger partial charge in [0.2, 0.25) is 0 Å². The Kier molecular flexibility index (Phi) is 3.75. The van der Waals surface area contributed by atoms with Crippen LogP contribution >= 0.6 is 0 Å². The standard InChI is InChI=1S/C13H19NO/c1-2-13-11-14(8-9-15-13)10-12-6-4-3-5-7-12/h3-7,13H,2,8-11H2,1H3. The third-order valence-corrected chi connectivity index (χ3v) is 2.93. The molecule has 0 spiro atoms. The first-order valence-corrected chi connectivity index (χ1v) is 5.76. The lowest BCUT2D eigenvalue weighted by atomic mass is 10.1. The molecule has 0 aromatic heterocycles. The molecule has 1 unspecified atom stereocenters. The zero-order chi connectivity index (χ0) is 10.5. The zero-order valence-corrected chi connectivity index (χ0v) is 9.36. The Balaban J connectivity index is 1.89. The van der Waals surface area contributed by atoms with Crippen LogP contribution in [-0.2, 0) is 11.3 Å². The van der Waals surface area contributed by atoms with E-state index in [0.717, 1.165) is 32.7 Å². The largest absolute Gasteiger partial charge is 0.376 e. The second-order valence-corrected chi connectivity index (χ2v) is 4.12. The quantitative estimate of drug-likeness (QED) is 0.750. The minimum absolute atomic E-state index is 0.433. The van der Waals surface area contributed by atoms with Gasteiger partial charge in [0.1, 0.15) is 0 Å². The Morgan fingerprint density at radius 3 is 2.87 bits per heavy atom. The number of nitrogens with zero attached hydrogens (tertiary/aromatic N) is 1. The van der Waals surface area contributed by atoms with E-state index in [0.29, 0.717) is 6.10 Å². The Labute approximate surface area is 91.9 Å². The normalized spacial score (nSPS) is 22.9. The van der Waals surface area contributed by atoms with Crippen LogP contribution in [0.4, 0.5) is 0 Å². The molecular weight excluding hydrogens is 186 g/mol. The molecule has 2 rings (SSSR count). The molecule has 1 aromatic carbocycles. The lowest BCUT2D eigenvalue weighted by molar-refractivity contribution is -0.0324. The summed E-state index contributed by atoms with van der Waals surface area (Å²) >= 11 is 0. The van der Waals surface area contributed by atoms with Gasteiger partial charge in [-0.2, -0.15) is 0 Å². The lowest BCUT2D eigenvalue weighted by Gasteiger charge is -2.32. The van der Waals surface area contributed by atoms with Gasteiger partial charge in [0, 0.05) is 19.6 Å². The van der Waals surface area contributed by atoms with Crippen molar-refractivity contribution in [3.8, 4) is 0 Å². The molecule has 1 heterocycles. The van der Waals surface area contributed by atoms with E-state index in [1.165, 1.54) is 5.56 Å². The summed E-state index contributed by atoms with van der Waals surface area (Å²) < 4.78 is 5.65. The molecule has 0 N–H and O–H groups in total. The van der Waals surface area contributed by atoms with Gasteiger partial charge >= 0.3 is 0 Å². The summed E-state index contributed by atoms with van der Waals surface area (Å²) in [5, 5.41) is 0. The van der Waals surface area contributed by atoms with Gasteiger partial charge in [-0.15, -0.1) is 0 Å². The van der Waals surface area contributed by atoms with Crippen molar-refractivity contribution in [3.05, 3.63) is 35.9 Å². The van der Waals surface area contributed by atoms with Crippen molar-refractivity contribution in [2.45, 2.75) is 26.0 Å². The van der Waals surface area contributed by atoms with Crippen LogP contribution in [0, 0.1) is 0 Å². The van der Waals surface area contributed by atoms with Crippen LogP contribution in [0.3, 0.4) is 0 Å². The Bertz CT molecular complexity index is 286. The van der Waals surface area contributed by atoms with E-state index in [4.69, 9.17) is 4.74 Å². The number of morpholine rings is 1. The third kappa shape index (κ3) is 3.05. The molecule has 1 atom stereocenters. The molecular formula is C13H19NO. The van der Waals surface area contributed by atoms with E-state index >= 15 is 0 Å². The summed E-state index contributed by atoms with van der Waals surface area (Å²) in [5.41, 5.74) is 1.40. The van der Waals surface area contributed by atoms with E-state index in [1.54, 1.807) is 0 Å². The first-order valence-electron chi connectivity index (χ1n) is 5.76. The summed E-state index contributed by atoms with van der Waals surface area (Å²) in [6.45, 7) is 6.26. The van der Waals surface area contributed by atoms with Crippen molar-refractivity contribution >= 4 is 0 Å². The minimum atomic E-state index is 0.433. The lowest BCUT2D eigenvalue weighted by Crippen LogP contribution is -2.41. The van der Waals surface area contributed by atoms with Crippen molar-refractivity contribution in [1.82, 2.24) is 4.90 Å². The van der Waals surface area contributed by atoms with E-state index in [9.17, 15) is 0 Å². The zero-order valence-electron chi connectivity index (χ0n) is 9.36. The molecule has 2 nitrogen and oxygen atoms in total. The molecule has 1 aliphatic heterocycles. The number of benzene rings is 1. The summed E-state index contributed by atoms with van der Waals surface area (Å²) in [7, 11) is 0. The van der Waals surface area contributed by atoms with Crippen LogP contribution in [0.5, 0.6) is 0 Å². The van der Waals surface area contributed by atoms with Gasteiger partial charge in [-0.25, -0.2) is 0 Å². The molecule has 1 aliphatic rings. The predicted octanol–water partition coefficient (Wildman–Crippen LogP) is 2.30. The van der Waals surface area contributed by atoms with Crippen LogP contribution in [0.1, 0.15) is 18.9 Å². The summed E-state index contributed by atoms with van der Waals surface area (Å²) in [6.07, 6.45) is 1.55. The Morgan fingerprint density at radius 2 is 2.13 bits per heavy atom. The van der Waals surface area contributed by atoms with E-state index in [1.807, 2.05) is 0 Å². The molecule has 0 amide bonds. The van der Waals surface area contributed by atoms with Crippen LogP contribution in [0.15, 0.2) is 30.3 Å². The second-order valence-electron chi connectivity index (χ2n) is 4.12. The number of rotatable bonds is 3. The first-order chi connectivity index (χ1) is 7.38. The Morgan fingerprint density at radius 1 is 1.33 bits per heavy atom. The molecule has 1 fully saturated rings. The second kappa shape index (κ2) is 5.29. The van der Waals surface area contributed by atoms with Crippen molar-refractivity contribution in [2.24, 2.45) is 0 Å². The van der Waals surface area contributed by atoms with Crippen LogP contribution in [-0.4, -0.2) is 30.7 Å². The van der Waals surface area contributed by atoms with Crippen molar-refractivity contribution in [3.63, 3.8) is 0 Å². The SMILES string of the molecule is CCC1CN(Cc2ccccc2)CCO1. The van der Waals surface area contributed by atoms with Gasteiger partial charge in [-0.1, -0.05) is 37.3 Å². The fourth-order valence-corrected chi connectivity index (χ4v) is 2.01. The minimum Gasteiger partial charge on any atom is -0.376 e. The van der Waals surface area contributed by atoms with Crippen LogP contribution < -0.4 is 0 Å². The molecule has 0 radical (unpaired) electrons. The van der Waals surface area contributed by atoms with Crippen molar-refractivity contribution in [1.29, 1.82) is 0 Å². The highest BCUT2D eigenvalue weighted by molar-refractivity contribution is 5.14. The maximum atomic E-state index is 5.65. The molecule has 1 aromatic rings. The average molecular weight is 205 g/mol. The van der Waals surface area contributed by atoms with Crippen LogP contribution in [0.2, 0.25) is 0 Å². The summed E-state index contributed by atoms with van der Waals surface area (Å²) in [6, 6.07) is 10.7. The maximum Gasteiger partial charge on any atom is 0.0700 e. The molecule has 2 heteroatoms. The summed E-state index contributed by atoms with van der Waals surface area (Å²) in [5.74, 6) is 0. The topological polar surface area (TPSA) is 12.5 Å². The number of hydrogen-bond acceptors (Lipinski definition) is 2. The number of hydrogen-bond donors (Lipinski definition) is 0. The summed E-state index contributed by atoms with van der Waals surface area (Å²) in [4.78, 5) is 2.48. The average Bonchev–Trinajstić information content (AvgIpc) is 2.31. The smallest absolute Gasteiger partial charge is 0.0700 e. The molecule has 0 aliphatic carbocycles. The van der Waals surface area contributed by atoms with Crippen molar-refractivity contribution in [2.75, 3.05) is 19.7 Å². The predicted molar refractivity (Wildman–Crippen MR) is 61.8 cm³/mol. The highest BCUT2D eigenvalue weighted by Crippen LogP contribution is 2.11. The van der Waals surface area contributed by atoms with Gasteiger partial charge in [0.05, 0.1) is 12.7 Å². The Hall–Kier alpha value is -0.860. The van der Waals surface area contributed by atoms with E-state index < -0.39 is 0 Å². The van der Waals surface area contributed by atoms with Crippen LogP contribution in [0.25, 0.3) is 0 Å². The highest BCUT2D eigenvalue weighted by Gasteiger charge is 2.18. The van der Waals surface area contributed by atoms with Gasteiger partial charge in [0.25, 0.3) is 0 Å². The molecule has 82 valence electrons. The van der Waals surface area contributed by atoms with E-state index in [2.05, 4.69) is 42.2 Å².